The van der Waals surface area contributed by atoms with E-state index in [9.17, 15) is 9.18 Å². The van der Waals surface area contributed by atoms with Crippen molar-refractivity contribution >= 4 is 23.6 Å². The molecule has 2 rings (SSSR count). The van der Waals surface area contributed by atoms with Gasteiger partial charge in [-0.05, 0) is 42.8 Å². The van der Waals surface area contributed by atoms with Crippen LogP contribution in [0.2, 0.25) is 5.02 Å². The monoisotopic (exact) mass is 359 g/mol. The van der Waals surface area contributed by atoms with Gasteiger partial charge in [0, 0.05) is 5.56 Å². The highest BCUT2D eigenvalue weighted by Gasteiger charge is 2.14. The number of hydrogen-bond donors (Lipinski definition) is 0. The fourth-order valence-electron chi connectivity index (χ4n) is 2.02. The number of carbonyl (C=O) groups is 1. The van der Waals surface area contributed by atoms with E-state index in [2.05, 4.69) is 0 Å². The molecule has 6 heteroatoms. The van der Waals surface area contributed by atoms with E-state index in [-0.39, 0.29) is 22.8 Å². The number of ether oxygens (including phenoxy) is 2. The van der Waals surface area contributed by atoms with E-state index >= 15 is 0 Å². The normalized spacial score (nSPS) is 10.9. The summed E-state index contributed by atoms with van der Waals surface area (Å²) >= 11 is 5.87. The third-order valence-corrected chi connectivity index (χ3v) is 3.61. The topological polar surface area (TPSA) is 59.3 Å². The number of nitriles is 1. The van der Waals surface area contributed by atoms with Crippen molar-refractivity contribution in [2.24, 2.45) is 0 Å². The van der Waals surface area contributed by atoms with Gasteiger partial charge < -0.3 is 9.47 Å². The van der Waals surface area contributed by atoms with Crippen LogP contribution >= 0.6 is 11.6 Å². The van der Waals surface area contributed by atoms with Crippen molar-refractivity contribution in [1.82, 2.24) is 0 Å². The molecule has 0 amide bonds. The lowest BCUT2D eigenvalue weighted by atomic mass is 10.1. The van der Waals surface area contributed by atoms with Crippen LogP contribution in [0.1, 0.15) is 18.1 Å². The summed E-state index contributed by atoms with van der Waals surface area (Å²) in [5, 5.41) is 9.31. The zero-order valence-electron chi connectivity index (χ0n) is 13.5. The molecule has 0 heterocycles. The summed E-state index contributed by atoms with van der Waals surface area (Å²) in [5.41, 5.74) is 0.508. The Balaban J connectivity index is 2.09. The van der Waals surface area contributed by atoms with Crippen molar-refractivity contribution in [2.45, 2.75) is 13.5 Å². The van der Waals surface area contributed by atoms with Crippen molar-refractivity contribution in [3.8, 4) is 11.8 Å². The van der Waals surface area contributed by atoms with E-state index in [4.69, 9.17) is 26.3 Å². The Morgan fingerprint density at radius 3 is 2.60 bits per heavy atom. The van der Waals surface area contributed by atoms with Crippen molar-refractivity contribution in [2.75, 3.05) is 6.61 Å². The van der Waals surface area contributed by atoms with Gasteiger partial charge in [-0.1, -0.05) is 29.8 Å². The highest BCUT2D eigenvalue weighted by atomic mass is 35.5. The highest BCUT2D eigenvalue weighted by Crippen LogP contribution is 2.20. The third-order valence-electron chi connectivity index (χ3n) is 3.25. The molecule has 0 bridgehead atoms. The molecule has 0 saturated heterocycles. The van der Waals surface area contributed by atoms with Crippen LogP contribution in [0.5, 0.6) is 5.75 Å². The lowest BCUT2D eigenvalue weighted by Crippen LogP contribution is -2.08. The molecule has 0 spiro atoms. The first-order valence-electron chi connectivity index (χ1n) is 7.49. The van der Waals surface area contributed by atoms with Gasteiger partial charge in [0.15, 0.2) is 0 Å². The average Bonchev–Trinajstić information content (AvgIpc) is 2.60. The summed E-state index contributed by atoms with van der Waals surface area (Å²) in [4.78, 5) is 12.0. The van der Waals surface area contributed by atoms with Crippen LogP contribution in [0.15, 0.2) is 48.0 Å². The minimum atomic E-state index is -0.851. The molecule has 128 valence electrons. The fourth-order valence-corrected chi connectivity index (χ4v) is 2.23. The van der Waals surface area contributed by atoms with E-state index in [1.807, 2.05) is 6.92 Å². The lowest BCUT2D eigenvalue weighted by Gasteiger charge is -2.07. The fraction of sp³-hybridized carbons (Fsp3) is 0.158. The Hall–Kier alpha value is -2.84. The van der Waals surface area contributed by atoms with Gasteiger partial charge in [0.2, 0.25) is 0 Å². The summed E-state index contributed by atoms with van der Waals surface area (Å²) in [7, 11) is 0. The van der Waals surface area contributed by atoms with Crippen LogP contribution in [0, 0.1) is 17.1 Å². The van der Waals surface area contributed by atoms with Crippen molar-refractivity contribution < 1.29 is 18.7 Å². The third kappa shape index (κ3) is 5.07. The number of halogens is 2. The standard InChI is InChI=1S/C19H15ClFNO3/c1-2-24-15-8-6-13(7-9-15)10-14(11-22)19(23)25-12-16-17(20)4-3-5-18(16)21/h3-10H,2,12H2,1H3/b14-10+. The molecule has 4 nitrogen and oxygen atoms in total. The van der Waals surface area contributed by atoms with Crippen molar-refractivity contribution in [1.29, 1.82) is 5.26 Å². The molecular formula is C19H15ClFNO3. The zero-order chi connectivity index (χ0) is 18.2. The smallest absolute Gasteiger partial charge is 0.349 e. The second kappa shape index (κ2) is 8.86. The Labute approximate surface area is 150 Å². The summed E-state index contributed by atoms with van der Waals surface area (Å²) < 4.78 is 24.0. The quantitative estimate of drug-likeness (QED) is 0.432. The molecule has 2 aromatic carbocycles. The first-order chi connectivity index (χ1) is 12.0. The minimum Gasteiger partial charge on any atom is -0.494 e. The zero-order valence-corrected chi connectivity index (χ0v) is 14.2. The molecule has 0 fully saturated rings. The van der Waals surface area contributed by atoms with Crippen LogP contribution in [-0.4, -0.2) is 12.6 Å². The number of nitrogens with zero attached hydrogens (tertiary/aromatic N) is 1. The Morgan fingerprint density at radius 1 is 1.28 bits per heavy atom. The second-order valence-electron chi connectivity index (χ2n) is 4.95. The largest absolute Gasteiger partial charge is 0.494 e. The van der Waals surface area contributed by atoms with Crippen LogP contribution in [0.4, 0.5) is 4.39 Å². The molecule has 0 radical (unpaired) electrons. The minimum absolute atomic E-state index is 0.0656. The molecule has 0 unspecified atom stereocenters. The van der Waals surface area contributed by atoms with E-state index in [1.54, 1.807) is 30.3 Å². The molecule has 0 aliphatic carbocycles. The summed E-state index contributed by atoms with van der Waals surface area (Å²) in [6.45, 7) is 2.07. The molecule has 0 saturated carbocycles. The SMILES string of the molecule is CCOc1ccc(/C=C(\C#N)C(=O)OCc2c(F)cccc2Cl)cc1. The molecular weight excluding hydrogens is 345 g/mol. The van der Waals surface area contributed by atoms with Crippen molar-refractivity contribution in [3.63, 3.8) is 0 Å². The van der Waals surface area contributed by atoms with Gasteiger partial charge in [-0.15, -0.1) is 0 Å². The lowest BCUT2D eigenvalue weighted by molar-refractivity contribution is -0.139. The van der Waals surface area contributed by atoms with Gasteiger partial charge in [0.1, 0.15) is 29.8 Å². The maximum absolute atomic E-state index is 13.7. The van der Waals surface area contributed by atoms with Gasteiger partial charge in [0.05, 0.1) is 11.6 Å². The van der Waals surface area contributed by atoms with Gasteiger partial charge >= 0.3 is 5.97 Å². The van der Waals surface area contributed by atoms with Gasteiger partial charge in [-0.25, -0.2) is 9.18 Å². The number of hydrogen-bond acceptors (Lipinski definition) is 4. The van der Waals surface area contributed by atoms with E-state index in [0.29, 0.717) is 17.9 Å². The predicted molar refractivity (Wildman–Crippen MR) is 92.4 cm³/mol. The first kappa shape index (κ1) is 18.5. The Morgan fingerprint density at radius 2 is 2.00 bits per heavy atom. The molecule has 0 atom stereocenters. The Kier molecular flexibility index (Phi) is 6.55. The molecule has 25 heavy (non-hydrogen) atoms. The second-order valence-corrected chi connectivity index (χ2v) is 5.36. The number of benzene rings is 2. The van der Waals surface area contributed by atoms with E-state index in [0.717, 1.165) is 0 Å². The van der Waals surface area contributed by atoms with E-state index in [1.165, 1.54) is 24.3 Å². The van der Waals surface area contributed by atoms with Gasteiger partial charge in [-0.2, -0.15) is 5.26 Å². The summed E-state index contributed by atoms with van der Waals surface area (Å²) in [6, 6.07) is 12.8. The molecule has 2 aromatic rings. The van der Waals surface area contributed by atoms with Crippen LogP contribution in [-0.2, 0) is 16.1 Å². The maximum Gasteiger partial charge on any atom is 0.349 e. The summed E-state index contributed by atoms with van der Waals surface area (Å²) in [5.74, 6) is -0.736. The summed E-state index contributed by atoms with van der Waals surface area (Å²) in [6.07, 6.45) is 1.39. The van der Waals surface area contributed by atoms with E-state index < -0.39 is 11.8 Å². The first-order valence-corrected chi connectivity index (χ1v) is 7.87. The average molecular weight is 360 g/mol. The molecule has 0 aromatic heterocycles. The Bertz CT molecular complexity index is 805. The van der Waals surface area contributed by atoms with Crippen LogP contribution in [0.25, 0.3) is 6.08 Å². The highest BCUT2D eigenvalue weighted by molar-refractivity contribution is 6.31. The molecule has 0 aliphatic heterocycles. The number of rotatable bonds is 6. The van der Waals surface area contributed by atoms with Gasteiger partial charge in [-0.3, -0.25) is 0 Å². The van der Waals surface area contributed by atoms with Crippen LogP contribution in [0.3, 0.4) is 0 Å². The number of esters is 1. The van der Waals surface area contributed by atoms with Gasteiger partial charge in [0.25, 0.3) is 0 Å². The van der Waals surface area contributed by atoms with Crippen LogP contribution < -0.4 is 4.74 Å². The number of carbonyl (C=O) groups excluding carboxylic acids is 1. The molecule has 0 N–H and O–H groups in total. The molecule has 0 aliphatic rings. The maximum atomic E-state index is 13.7. The predicted octanol–water partition coefficient (Wildman–Crippen LogP) is 4.53. The van der Waals surface area contributed by atoms with Crippen molar-refractivity contribution in [3.05, 3.63) is 70.0 Å².